The molecule has 0 aliphatic carbocycles. The first kappa shape index (κ1) is 10.8. The Morgan fingerprint density at radius 1 is 1.50 bits per heavy atom. The van der Waals surface area contributed by atoms with Crippen molar-refractivity contribution in [2.24, 2.45) is 0 Å². The number of nitrogens with zero attached hydrogens (tertiary/aromatic N) is 1. The minimum absolute atomic E-state index is 0.203. The SMILES string of the molecule is CS(=O)(=O)Nc1ccc(C#N)cc1Cl. The summed E-state index contributed by atoms with van der Waals surface area (Å²) < 4.78 is 24.0. The Labute approximate surface area is 87.2 Å². The lowest BCUT2D eigenvalue weighted by atomic mass is 10.2. The lowest BCUT2D eigenvalue weighted by Gasteiger charge is -2.05. The van der Waals surface area contributed by atoms with Gasteiger partial charge in [-0.05, 0) is 18.2 Å². The zero-order valence-corrected chi connectivity index (χ0v) is 8.85. The monoisotopic (exact) mass is 230 g/mol. The van der Waals surface area contributed by atoms with Crippen LogP contribution in [-0.4, -0.2) is 14.7 Å². The van der Waals surface area contributed by atoms with Crippen LogP contribution in [0.1, 0.15) is 5.56 Å². The van der Waals surface area contributed by atoms with Crippen molar-refractivity contribution in [1.82, 2.24) is 0 Å². The molecule has 1 rings (SSSR count). The van der Waals surface area contributed by atoms with Crippen molar-refractivity contribution in [2.75, 3.05) is 11.0 Å². The van der Waals surface area contributed by atoms with Crippen LogP contribution < -0.4 is 4.72 Å². The average Bonchev–Trinajstić information content (AvgIpc) is 2.06. The van der Waals surface area contributed by atoms with Crippen molar-refractivity contribution in [3.05, 3.63) is 28.8 Å². The van der Waals surface area contributed by atoms with E-state index in [0.717, 1.165) is 6.26 Å². The van der Waals surface area contributed by atoms with E-state index in [0.29, 0.717) is 5.56 Å². The van der Waals surface area contributed by atoms with E-state index >= 15 is 0 Å². The third-order valence-corrected chi connectivity index (χ3v) is 2.30. The van der Waals surface area contributed by atoms with Gasteiger partial charge in [0.2, 0.25) is 10.0 Å². The molecular formula is C8H7ClN2O2S. The molecule has 4 nitrogen and oxygen atoms in total. The predicted molar refractivity (Wildman–Crippen MR) is 54.6 cm³/mol. The number of rotatable bonds is 2. The molecule has 0 spiro atoms. The minimum atomic E-state index is -3.34. The number of nitrogens with one attached hydrogen (secondary N) is 1. The summed E-state index contributed by atoms with van der Waals surface area (Å²) in [6.07, 6.45) is 1.03. The number of anilines is 1. The van der Waals surface area contributed by atoms with Crippen LogP contribution >= 0.6 is 11.6 Å². The Hall–Kier alpha value is -1.25. The second kappa shape index (κ2) is 3.86. The number of hydrogen-bond acceptors (Lipinski definition) is 3. The quantitative estimate of drug-likeness (QED) is 0.839. The third kappa shape index (κ3) is 2.91. The minimum Gasteiger partial charge on any atom is -0.282 e. The Morgan fingerprint density at radius 3 is 2.57 bits per heavy atom. The number of nitriles is 1. The molecular weight excluding hydrogens is 224 g/mol. The van der Waals surface area contributed by atoms with E-state index in [1.165, 1.54) is 18.2 Å². The smallest absolute Gasteiger partial charge is 0.229 e. The van der Waals surface area contributed by atoms with Gasteiger partial charge in [-0.15, -0.1) is 0 Å². The van der Waals surface area contributed by atoms with Gasteiger partial charge < -0.3 is 0 Å². The highest BCUT2D eigenvalue weighted by atomic mass is 35.5. The highest BCUT2D eigenvalue weighted by Gasteiger charge is 2.06. The average molecular weight is 231 g/mol. The lowest BCUT2D eigenvalue weighted by Crippen LogP contribution is -2.09. The first-order valence-corrected chi connectivity index (χ1v) is 5.87. The van der Waals surface area contributed by atoms with E-state index in [1.54, 1.807) is 0 Å². The van der Waals surface area contributed by atoms with Crippen LogP contribution in [0.25, 0.3) is 0 Å². The second-order valence-corrected chi connectivity index (χ2v) is 4.84. The number of benzene rings is 1. The standard InChI is InChI=1S/C8H7ClN2O2S/c1-14(12,13)11-8-3-2-6(5-10)4-7(8)9/h2-4,11H,1H3. The number of hydrogen-bond donors (Lipinski definition) is 1. The van der Waals surface area contributed by atoms with E-state index < -0.39 is 10.0 Å². The van der Waals surface area contributed by atoms with E-state index in [1.807, 2.05) is 6.07 Å². The molecule has 1 aromatic rings. The molecule has 6 heteroatoms. The maximum atomic E-state index is 10.9. The second-order valence-electron chi connectivity index (χ2n) is 2.68. The summed E-state index contributed by atoms with van der Waals surface area (Å²) in [5.74, 6) is 0. The molecule has 1 aromatic carbocycles. The van der Waals surface area contributed by atoms with Gasteiger partial charge in [-0.25, -0.2) is 8.42 Å². The molecule has 0 bridgehead atoms. The molecule has 0 heterocycles. The fraction of sp³-hybridized carbons (Fsp3) is 0.125. The highest BCUT2D eigenvalue weighted by molar-refractivity contribution is 7.92. The number of sulfonamides is 1. The van der Waals surface area contributed by atoms with Gasteiger partial charge in [-0.2, -0.15) is 5.26 Å². The predicted octanol–water partition coefficient (Wildman–Crippen LogP) is 1.58. The Bertz CT molecular complexity index is 491. The number of halogens is 1. The van der Waals surface area contributed by atoms with Gasteiger partial charge in [0.1, 0.15) is 0 Å². The molecule has 0 aliphatic rings. The highest BCUT2D eigenvalue weighted by Crippen LogP contribution is 2.23. The van der Waals surface area contributed by atoms with Crippen molar-refractivity contribution >= 4 is 27.3 Å². The van der Waals surface area contributed by atoms with Crippen molar-refractivity contribution in [2.45, 2.75) is 0 Å². The fourth-order valence-corrected chi connectivity index (χ4v) is 1.73. The molecule has 0 amide bonds. The third-order valence-electron chi connectivity index (χ3n) is 1.39. The molecule has 14 heavy (non-hydrogen) atoms. The van der Waals surface area contributed by atoms with Crippen molar-refractivity contribution < 1.29 is 8.42 Å². The van der Waals surface area contributed by atoms with E-state index in [-0.39, 0.29) is 10.7 Å². The van der Waals surface area contributed by atoms with Gasteiger partial charge in [0.25, 0.3) is 0 Å². The first-order chi connectivity index (χ1) is 6.42. The van der Waals surface area contributed by atoms with Crippen molar-refractivity contribution in [3.63, 3.8) is 0 Å². The van der Waals surface area contributed by atoms with E-state index in [2.05, 4.69) is 4.72 Å². The molecule has 0 aliphatic heterocycles. The zero-order valence-electron chi connectivity index (χ0n) is 7.28. The Morgan fingerprint density at radius 2 is 2.14 bits per heavy atom. The molecule has 0 saturated heterocycles. The summed E-state index contributed by atoms with van der Waals surface area (Å²) >= 11 is 5.74. The molecule has 1 N–H and O–H groups in total. The van der Waals surface area contributed by atoms with Crippen LogP contribution in [0.4, 0.5) is 5.69 Å². The van der Waals surface area contributed by atoms with Crippen LogP contribution in [-0.2, 0) is 10.0 Å². The van der Waals surface area contributed by atoms with Crippen LogP contribution in [0.2, 0.25) is 5.02 Å². The Kier molecular flexibility index (Phi) is 2.99. The van der Waals surface area contributed by atoms with Crippen LogP contribution in [0.5, 0.6) is 0 Å². The van der Waals surface area contributed by atoms with Gasteiger partial charge in [0, 0.05) is 0 Å². The van der Waals surface area contributed by atoms with Gasteiger partial charge in [0.15, 0.2) is 0 Å². The molecule has 0 aromatic heterocycles. The van der Waals surface area contributed by atoms with Crippen molar-refractivity contribution in [3.8, 4) is 6.07 Å². The molecule has 0 fully saturated rings. The summed E-state index contributed by atoms with van der Waals surface area (Å²) in [5, 5.41) is 8.74. The summed E-state index contributed by atoms with van der Waals surface area (Å²) in [5.41, 5.74) is 0.655. The molecule has 0 radical (unpaired) electrons. The maximum Gasteiger partial charge on any atom is 0.229 e. The van der Waals surface area contributed by atoms with Gasteiger partial charge in [0.05, 0.1) is 28.6 Å². The van der Waals surface area contributed by atoms with E-state index in [4.69, 9.17) is 16.9 Å². The largest absolute Gasteiger partial charge is 0.282 e. The van der Waals surface area contributed by atoms with Crippen LogP contribution in [0.3, 0.4) is 0 Å². The van der Waals surface area contributed by atoms with Gasteiger partial charge >= 0.3 is 0 Å². The fourth-order valence-electron chi connectivity index (χ4n) is 0.867. The van der Waals surface area contributed by atoms with Crippen LogP contribution in [0, 0.1) is 11.3 Å². The summed E-state index contributed by atoms with van der Waals surface area (Å²) in [4.78, 5) is 0. The lowest BCUT2D eigenvalue weighted by molar-refractivity contribution is 0.607. The molecule has 0 atom stereocenters. The normalized spacial score (nSPS) is 10.6. The summed E-state index contributed by atoms with van der Waals surface area (Å²) in [6.45, 7) is 0. The molecule has 74 valence electrons. The molecule has 0 unspecified atom stereocenters. The van der Waals surface area contributed by atoms with Gasteiger partial charge in [-0.1, -0.05) is 11.6 Å². The summed E-state index contributed by atoms with van der Waals surface area (Å²) in [6, 6.07) is 6.23. The Balaban J connectivity index is 3.09. The molecule has 0 saturated carbocycles. The van der Waals surface area contributed by atoms with Crippen LogP contribution in [0.15, 0.2) is 18.2 Å². The summed E-state index contributed by atoms with van der Waals surface area (Å²) in [7, 11) is -3.34. The topological polar surface area (TPSA) is 70.0 Å². The first-order valence-electron chi connectivity index (χ1n) is 3.60. The zero-order chi connectivity index (χ0) is 10.8. The van der Waals surface area contributed by atoms with Crippen molar-refractivity contribution in [1.29, 1.82) is 5.26 Å². The maximum absolute atomic E-state index is 10.9. The van der Waals surface area contributed by atoms with Gasteiger partial charge in [-0.3, -0.25) is 4.72 Å². The van der Waals surface area contributed by atoms with E-state index in [9.17, 15) is 8.42 Å².